The summed E-state index contributed by atoms with van der Waals surface area (Å²) >= 11 is 0. The summed E-state index contributed by atoms with van der Waals surface area (Å²) in [4.78, 5) is 27.2. The maximum absolute atomic E-state index is 13.2. The van der Waals surface area contributed by atoms with E-state index in [0.717, 1.165) is 17.0 Å². The highest BCUT2D eigenvalue weighted by Gasteiger charge is 2.55. The Kier molecular flexibility index (Phi) is 5.99. The lowest BCUT2D eigenvalue weighted by Crippen LogP contribution is -2.53. The number of para-hydroxylation sites is 1. The van der Waals surface area contributed by atoms with Crippen LogP contribution in [-0.2, 0) is 14.3 Å². The Morgan fingerprint density at radius 1 is 1.20 bits per heavy atom. The molecule has 0 spiro atoms. The number of carbonyl (C=O) groups excluding carboxylic acids is 2. The maximum Gasteiger partial charge on any atom is 0.573 e. The number of nitrogens with one attached hydrogen (secondary N) is 1. The third-order valence-electron chi connectivity index (χ3n) is 4.41. The van der Waals surface area contributed by atoms with Crippen LogP contribution in [0.3, 0.4) is 0 Å². The zero-order valence-corrected chi connectivity index (χ0v) is 15.8. The Morgan fingerprint density at radius 3 is 2.53 bits per heavy atom. The van der Waals surface area contributed by atoms with E-state index in [0.29, 0.717) is 5.69 Å². The molecule has 1 aliphatic rings. The summed E-state index contributed by atoms with van der Waals surface area (Å²) in [7, 11) is 0. The molecule has 1 fully saturated rings. The predicted octanol–water partition coefficient (Wildman–Crippen LogP) is 3.05. The van der Waals surface area contributed by atoms with E-state index in [9.17, 15) is 27.9 Å². The Hall–Kier alpha value is -3.11. The second kappa shape index (κ2) is 8.33. The lowest BCUT2D eigenvalue weighted by Gasteiger charge is -2.28. The largest absolute Gasteiger partial charge is 0.573 e. The van der Waals surface area contributed by atoms with Crippen molar-refractivity contribution in [3.63, 3.8) is 0 Å². The lowest BCUT2D eigenvalue weighted by atomic mass is 10.0. The molecule has 1 heterocycles. The maximum atomic E-state index is 13.2. The summed E-state index contributed by atoms with van der Waals surface area (Å²) in [6, 6.07) is 13.2. The highest BCUT2D eigenvalue weighted by Crippen LogP contribution is 2.35. The predicted molar refractivity (Wildman–Crippen MR) is 101 cm³/mol. The molecule has 3 rings (SSSR count). The number of ether oxygens (including phenoxy) is 2. The molecule has 1 aliphatic heterocycles. The molecule has 2 atom stereocenters. The highest BCUT2D eigenvalue weighted by molar-refractivity contribution is 6.20. The van der Waals surface area contributed by atoms with E-state index < -0.39 is 35.8 Å². The number of hydrogen-bond donors (Lipinski definition) is 2. The van der Waals surface area contributed by atoms with E-state index in [1.165, 1.54) is 19.1 Å². The summed E-state index contributed by atoms with van der Waals surface area (Å²) in [5.74, 6) is -2.10. The van der Waals surface area contributed by atoms with Crippen molar-refractivity contribution in [3.8, 4) is 5.75 Å². The Balaban J connectivity index is 1.88. The van der Waals surface area contributed by atoms with Gasteiger partial charge in [0.1, 0.15) is 5.75 Å². The number of hydrogen-bond acceptors (Lipinski definition) is 5. The average molecular weight is 424 g/mol. The molecule has 160 valence electrons. The van der Waals surface area contributed by atoms with Crippen molar-refractivity contribution in [3.05, 3.63) is 54.6 Å². The summed E-state index contributed by atoms with van der Waals surface area (Å²) in [5.41, 5.74) is -1.52. The van der Waals surface area contributed by atoms with Crippen molar-refractivity contribution in [2.45, 2.75) is 31.6 Å². The number of rotatable bonds is 6. The van der Waals surface area contributed by atoms with Crippen molar-refractivity contribution in [2.75, 3.05) is 16.8 Å². The van der Waals surface area contributed by atoms with Crippen LogP contribution >= 0.6 is 0 Å². The van der Waals surface area contributed by atoms with E-state index >= 15 is 0 Å². The Labute approximate surface area is 170 Å². The zero-order chi connectivity index (χ0) is 21.9. The quantitative estimate of drug-likeness (QED) is 0.550. The van der Waals surface area contributed by atoms with Crippen LogP contribution in [0.25, 0.3) is 0 Å². The van der Waals surface area contributed by atoms with E-state index in [1.54, 1.807) is 30.3 Å². The van der Waals surface area contributed by atoms with Crippen LogP contribution in [0.1, 0.15) is 13.3 Å². The zero-order valence-electron chi connectivity index (χ0n) is 15.8. The Morgan fingerprint density at radius 2 is 1.90 bits per heavy atom. The van der Waals surface area contributed by atoms with Crippen molar-refractivity contribution < 1.29 is 37.3 Å². The summed E-state index contributed by atoms with van der Waals surface area (Å²) in [6.07, 6.45) is -6.43. The fraction of sp³-hybridized carbons (Fsp3) is 0.300. The first kappa shape index (κ1) is 21.6. The van der Waals surface area contributed by atoms with Crippen LogP contribution in [0.2, 0.25) is 0 Å². The van der Waals surface area contributed by atoms with E-state index in [2.05, 4.69) is 10.1 Å². The van der Waals surface area contributed by atoms with Crippen LogP contribution in [0.4, 0.5) is 24.5 Å². The van der Waals surface area contributed by atoms with Crippen molar-refractivity contribution in [2.24, 2.45) is 0 Å². The minimum atomic E-state index is -4.89. The number of carbonyl (C=O) groups is 2. The van der Waals surface area contributed by atoms with Gasteiger partial charge < -0.3 is 24.8 Å². The number of anilines is 2. The number of nitrogens with zero attached hydrogens (tertiary/aromatic N) is 1. The molecule has 2 aromatic rings. The van der Waals surface area contributed by atoms with Crippen molar-refractivity contribution >= 4 is 23.2 Å². The molecule has 0 aliphatic carbocycles. The smallest absolute Gasteiger partial charge is 0.406 e. The summed E-state index contributed by atoms with van der Waals surface area (Å²) in [6.45, 7) is 1.24. The van der Waals surface area contributed by atoms with Crippen LogP contribution < -0.4 is 15.0 Å². The molecule has 0 aromatic heterocycles. The van der Waals surface area contributed by atoms with E-state index in [-0.39, 0.29) is 18.7 Å². The third kappa shape index (κ3) is 4.71. The topological polar surface area (TPSA) is 88.1 Å². The number of halogens is 3. The average Bonchev–Trinajstić information content (AvgIpc) is 2.98. The molecule has 2 unspecified atom stereocenters. The fourth-order valence-electron chi connectivity index (χ4n) is 3.21. The number of alkyl halides is 3. The minimum Gasteiger partial charge on any atom is -0.406 e. The first-order valence-corrected chi connectivity index (χ1v) is 9.01. The van der Waals surface area contributed by atoms with Gasteiger partial charge in [-0.2, -0.15) is 0 Å². The number of benzene rings is 2. The van der Waals surface area contributed by atoms with Crippen LogP contribution in [0, 0.1) is 0 Å². The van der Waals surface area contributed by atoms with Gasteiger partial charge in [0.05, 0.1) is 0 Å². The summed E-state index contributed by atoms with van der Waals surface area (Å²) < 4.78 is 46.7. The normalized spacial score (nSPS) is 20.2. The van der Waals surface area contributed by atoms with Gasteiger partial charge in [0, 0.05) is 30.4 Å². The van der Waals surface area contributed by atoms with Crippen molar-refractivity contribution in [1.82, 2.24) is 0 Å². The third-order valence-corrected chi connectivity index (χ3v) is 4.41. The van der Waals surface area contributed by atoms with Crippen molar-refractivity contribution in [1.29, 1.82) is 0 Å². The van der Waals surface area contributed by atoms with E-state index in [4.69, 9.17) is 4.74 Å². The van der Waals surface area contributed by atoms with Gasteiger partial charge in [-0.15, -0.1) is 13.2 Å². The second-order valence-corrected chi connectivity index (χ2v) is 6.62. The van der Waals surface area contributed by atoms with E-state index in [1.807, 2.05) is 0 Å². The van der Waals surface area contributed by atoms with Crippen LogP contribution in [0.15, 0.2) is 54.6 Å². The molecular weight excluding hydrogens is 405 g/mol. The molecule has 1 saturated heterocycles. The summed E-state index contributed by atoms with van der Waals surface area (Å²) in [5, 5.41) is 12.3. The monoisotopic (exact) mass is 424 g/mol. The SMILES string of the molecule is CC(O)OC1(C(=O)Nc2ccccc2)CCN(c2cccc(OC(F)(F)F)c2)C1=O. The van der Waals surface area contributed by atoms with Gasteiger partial charge in [-0.05, 0) is 31.2 Å². The second-order valence-electron chi connectivity index (χ2n) is 6.62. The van der Waals surface area contributed by atoms with Gasteiger partial charge in [0.15, 0.2) is 6.29 Å². The van der Waals surface area contributed by atoms with Gasteiger partial charge >= 0.3 is 6.36 Å². The molecule has 30 heavy (non-hydrogen) atoms. The first-order valence-electron chi connectivity index (χ1n) is 9.01. The van der Waals surface area contributed by atoms with Gasteiger partial charge in [0.25, 0.3) is 11.8 Å². The molecular formula is C20H19F3N2O5. The number of aliphatic hydroxyl groups excluding tert-OH is 1. The van der Waals surface area contributed by atoms with Gasteiger partial charge in [0.2, 0.25) is 5.60 Å². The molecule has 7 nitrogen and oxygen atoms in total. The molecule has 0 radical (unpaired) electrons. The highest BCUT2D eigenvalue weighted by atomic mass is 19.4. The number of aliphatic hydroxyl groups is 1. The van der Waals surface area contributed by atoms with Crippen LogP contribution in [0.5, 0.6) is 5.75 Å². The lowest BCUT2D eigenvalue weighted by molar-refractivity contribution is -0.274. The Bertz CT molecular complexity index is 920. The van der Waals surface area contributed by atoms with Gasteiger partial charge in [-0.1, -0.05) is 24.3 Å². The number of amides is 2. The minimum absolute atomic E-state index is 0.0107. The van der Waals surface area contributed by atoms with Gasteiger partial charge in [-0.25, -0.2) is 0 Å². The molecule has 0 saturated carbocycles. The van der Waals surface area contributed by atoms with Gasteiger partial charge in [-0.3, -0.25) is 9.59 Å². The molecule has 2 aromatic carbocycles. The molecule has 0 bridgehead atoms. The first-order chi connectivity index (χ1) is 14.1. The molecule has 10 heteroatoms. The molecule has 2 N–H and O–H groups in total. The molecule has 2 amide bonds. The standard InChI is InChI=1S/C20H19F3N2O5/c1-13(26)29-19(17(27)24-14-6-3-2-4-7-14)10-11-25(18(19)28)15-8-5-9-16(12-15)30-20(21,22)23/h2-9,12-13,26H,10-11H2,1H3,(H,24,27). The van der Waals surface area contributed by atoms with Crippen LogP contribution in [-0.4, -0.2) is 41.7 Å². The fourth-order valence-corrected chi connectivity index (χ4v) is 3.21.